The summed E-state index contributed by atoms with van der Waals surface area (Å²) in [6.45, 7) is 3.65. The number of Topliss-reactive ketones (excluding diaryl/α,β-unsaturated/α-hetero) is 1. The standard InChI is InChI=1S/C34H29ClN2O5/c1-19-3-6-22(7-4-19)31(38)18-42-34(41)28-17-30(36-29-14-10-23(35)16-26(28)29)21-8-11-24(12-9-21)37-32(39)25-13-5-20(2)15-27(25)33(37)40/h3-4,6-12,14,16-17,20,25,27H,5,13,15,18H2,1-2H3. The van der Waals surface area contributed by atoms with Gasteiger partial charge in [0.15, 0.2) is 12.4 Å². The van der Waals surface area contributed by atoms with E-state index >= 15 is 0 Å². The van der Waals surface area contributed by atoms with Crippen LogP contribution < -0.4 is 4.90 Å². The largest absolute Gasteiger partial charge is 0.454 e. The van der Waals surface area contributed by atoms with Gasteiger partial charge in [0.05, 0.1) is 34.3 Å². The lowest BCUT2D eigenvalue weighted by molar-refractivity contribution is -0.122. The van der Waals surface area contributed by atoms with Crippen molar-refractivity contribution in [3.05, 3.63) is 94.5 Å². The van der Waals surface area contributed by atoms with E-state index in [2.05, 4.69) is 6.92 Å². The number of nitrogens with zero attached hydrogens (tertiary/aromatic N) is 2. The third-order valence-electron chi connectivity index (χ3n) is 8.31. The molecule has 3 unspecified atom stereocenters. The van der Waals surface area contributed by atoms with Crippen LogP contribution in [0, 0.1) is 24.7 Å². The topological polar surface area (TPSA) is 93.6 Å². The molecule has 1 saturated heterocycles. The number of benzene rings is 3. The third kappa shape index (κ3) is 5.21. The summed E-state index contributed by atoms with van der Waals surface area (Å²) in [4.78, 5) is 58.2. The van der Waals surface area contributed by atoms with Gasteiger partial charge in [0, 0.05) is 21.5 Å². The highest BCUT2D eigenvalue weighted by Gasteiger charge is 2.49. The molecule has 3 atom stereocenters. The number of ether oxygens (including phenoxy) is 1. The number of carbonyl (C=O) groups excluding carboxylic acids is 4. The van der Waals surface area contributed by atoms with Crippen LogP contribution in [0.25, 0.3) is 22.2 Å². The maximum atomic E-state index is 13.3. The second-order valence-electron chi connectivity index (χ2n) is 11.3. The molecule has 1 aliphatic carbocycles. The molecule has 0 N–H and O–H groups in total. The van der Waals surface area contributed by atoms with Crippen molar-refractivity contribution in [2.45, 2.75) is 33.1 Å². The van der Waals surface area contributed by atoms with Gasteiger partial charge in [-0.15, -0.1) is 0 Å². The second-order valence-corrected chi connectivity index (χ2v) is 11.7. The molecule has 0 radical (unpaired) electrons. The number of aryl methyl sites for hydroxylation is 1. The Bertz CT molecular complexity index is 1730. The van der Waals surface area contributed by atoms with E-state index in [0.29, 0.717) is 44.4 Å². The Labute approximate surface area is 248 Å². The third-order valence-corrected chi connectivity index (χ3v) is 8.54. The van der Waals surface area contributed by atoms with E-state index < -0.39 is 12.6 Å². The number of amides is 2. The summed E-state index contributed by atoms with van der Waals surface area (Å²) in [5.41, 5.74) is 3.94. The van der Waals surface area contributed by atoms with Gasteiger partial charge in [0.1, 0.15) is 0 Å². The first-order valence-electron chi connectivity index (χ1n) is 14.0. The zero-order valence-electron chi connectivity index (χ0n) is 23.3. The van der Waals surface area contributed by atoms with E-state index in [-0.39, 0.29) is 35.0 Å². The van der Waals surface area contributed by atoms with Gasteiger partial charge < -0.3 is 4.74 Å². The Hall–Kier alpha value is -4.36. The summed E-state index contributed by atoms with van der Waals surface area (Å²) < 4.78 is 5.44. The van der Waals surface area contributed by atoms with Crippen LogP contribution in [0.1, 0.15) is 52.5 Å². The van der Waals surface area contributed by atoms with Crippen LogP contribution in [-0.4, -0.2) is 35.2 Å². The minimum atomic E-state index is -0.673. The Kier molecular flexibility index (Phi) is 7.37. The maximum absolute atomic E-state index is 13.3. The molecule has 6 rings (SSSR count). The predicted molar refractivity (Wildman–Crippen MR) is 160 cm³/mol. The average molecular weight is 581 g/mol. The van der Waals surface area contributed by atoms with Gasteiger partial charge in [-0.3, -0.25) is 19.3 Å². The van der Waals surface area contributed by atoms with Gasteiger partial charge in [-0.25, -0.2) is 9.78 Å². The zero-order chi connectivity index (χ0) is 29.5. The average Bonchev–Trinajstić information content (AvgIpc) is 3.24. The Morgan fingerprint density at radius 2 is 1.64 bits per heavy atom. The number of hydrogen-bond donors (Lipinski definition) is 0. The van der Waals surface area contributed by atoms with E-state index in [1.165, 1.54) is 4.90 Å². The number of esters is 1. The summed E-state index contributed by atoms with van der Waals surface area (Å²) in [6.07, 6.45) is 2.44. The summed E-state index contributed by atoms with van der Waals surface area (Å²) in [5, 5.41) is 0.932. The van der Waals surface area contributed by atoms with Crippen molar-refractivity contribution in [2.24, 2.45) is 17.8 Å². The molecule has 2 fully saturated rings. The van der Waals surface area contributed by atoms with Crippen molar-refractivity contribution < 1.29 is 23.9 Å². The minimum Gasteiger partial charge on any atom is -0.454 e. The molecule has 4 aromatic rings. The first-order valence-corrected chi connectivity index (χ1v) is 14.4. The van der Waals surface area contributed by atoms with Crippen LogP contribution in [0.15, 0.2) is 72.8 Å². The Balaban J connectivity index is 1.27. The van der Waals surface area contributed by atoms with E-state index in [1.807, 2.05) is 19.1 Å². The maximum Gasteiger partial charge on any atom is 0.339 e. The van der Waals surface area contributed by atoms with Crippen LogP contribution in [0.5, 0.6) is 0 Å². The lowest BCUT2D eigenvalue weighted by Gasteiger charge is -2.25. The molecule has 3 aromatic carbocycles. The summed E-state index contributed by atoms with van der Waals surface area (Å²) >= 11 is 6.24. The number of fused-ring (bicyclic) bond motifs is 2. The fraction of sp³-hybridized carbons (Fsp3) is 0.265. The molecular formula is C34H29ClN2O5. The van der Waals surface area contributed by atoms with Crippen LogP contribution >= 0.6 is 11.6 Å². The summed E-state index contributed by atoms with van der Waals surface area (Å²) in [7, 11) is 0. The fourth-order valence-electron chi connectivity index (χ4n) is 5.97. The van der Waals surface area contributed by atoms with Crippen LogP contribution in [-0.2, 0) is 14.3 Å². The number of pyridine rings is 1. The Morgan fingerprint density at radius 3 is 2.38 bits per heavy atom. The van der Waals surface area contributed by atoms with Crippen LogP contribution in [0.3, 0.4) is 0 Å². The zero-order valence-corrected chi connectivity index (χ0v) is 24.1. The molecule has 0 spiro atoms. The lowest BCUT2D eigenvalue weighted by Crippen LogP contribution is -2.30. The highest BCUT2D eigenvalue weighted by atomic mass is 35.5. The molecule has 8 heteroatoms. The number of ketones is 1. The molecule has 0 bridgehead atoms. The smallest absolute Gasteiger partial charge is 0.339 e. The van der Waals surface area contributed by atoms with E-state index in [9.17, 15) is 19.2 Å². The van der Waals surface area contributed by atoms with Gasteiger partial charge in [-0.2, -0.15) is 0 Å². The number of rotatable bonds is 6. The first kappa shape index (κ1) is 27.8. The molecule has 2 aliphatic rings. The molecule has 1 aromatic heterocycles. The number of anilines is 1. The van der Waals surface area contributed by atoms with Gasteiger partial charge in [0.25, 0.3) is 0 Å². The van der Waals surface area contributed by atoms with Gasteiger partial charge in [-0.1, -0.05) is 60.5 Å². The Morgan fingerprint density at radius 1 is 0.929 bits per heavy atom. The van der Waals surface area contributed by atoms with E-state index in [1.54, 1.807) is 60.7 Å². The minimum absolute atomic E-state index is 0.129. The molecule has 2 amide bonds. The van der Waals surface area contributed by atoms with E-state index in [4.69, 9.17) is 21.3 Å². The highest BCUT2D eigenvalue weighted by Crippen LogP contribution is 2.42. The predicted octanol–water partition coefficient (Wildman–Crippen LogP) is 6.83. The monoisotopic (exact) mass is 580 g/mol. The number of halogens is 1. The molecule has 1 aliphatic heterocycles. The SMILES string of the molecule is Cc1ccc(C(=O)COC(=O)c2cc(-c3ccc(N4C(=O)C5CCC(C)CC5C4=O)cc3)nc3ccc(Cl)cc23)cc1. The summed E-state index contributed by atoms with van der Waals surface area (Å²) in [5.74, 6) is -1.30. The lowest BCUT2D eigenvalue weighted by atomic mass is 9.76. The van der Waals surface area contributed by atoms with Gasteiger partial charge in [0.2, 0.25) is 11.8 Å². The molecule has 42 heavy (non-hydrogen) atoms. The number of imide groups is 1. The van der Waals surface area contributed by atoms with Gasteiger partial charge >= 0.3 is 5.97 Å². The van der Waals surface area contributed by atoms with Crippen molar-refractivity contribution >= 4 is 51.8 Å². The first-order chi connectivity index (χ1) is 20.2. The quantitative estimate of drug-likeness (QED) is 0.141. The molecule has 1 saturated carbocycles. The highest BCUT2D eigenvalue weighted by molar-refractivity contribution is 6.31. The molecular weight excluding hydrogens is 552 g/mol. The number of aromatic nitrogens is 1. The fourth-order valence-corrected chi connectivity index (χ4v) is 6.14. The van der Waals surface area contributed by atoms with Crippen molar-refractivity contribution in [1.29, 1.82) is 0 Å². The van der Waals surface area contributed by atoms with Gasteiger partial charge in [-0.05, 0) is 68.5 Å². The van der Waals surface area contributed by atoms with Crippen LogP contribution in [0.4, 0.5) is 5.69 Å². The van der Waals surface area contributed by atoms with Crippen molar-refractivity contribution in [3.63, 3.8) is 0 Å². The second kappa shape index (κ2) is 11.1. The van der Waals surface area contributed by atoms with Crippen molar-refractivity contribution in [2.75, 3.05) is 11.5 Å². The van der Waals surface area contributed by atoms with Crippen molar-refractivity contribution in [3.8, 4) is 11.3 Å². The van der Waals surface area contributed by atoms with Crippen molar-refractivity contribution in [1.82, 2.24) is 4.98 Å². The molecule has 7 nitrogen and oxygen atoms in total. The molecule has 2 heterocycles. The normalized spacial score (nSPS) is 20.1. The molecule has 212 valence electrons. The van der Waals surface area contributed by atoms with Crippen LogP contribution in [0.2, 0.25) is 5.02 Å². The van der Waals surface area contributed by atoms with E-state index in [0.717, 1.165) is 24.8 Å². The number of carbonyl (C=O) groups is 4. The summed E-state index contributed by atoms with van der Waals surface area (Å²) in [6, 6.07) is 20.7. The number of hydrogen-bond acceptors (Lipinski definition) is 6.